The fourth-order valence-electron chi connectivity index (χ4n) is 1.32. The van der Waals surface area contributed by atoms with Gasteiger partial charge in [0.15, 0.2) is 6.29 Å². The third-order valence-corrected chi connectivity index (χ3v) is 2.08. The fraction of sp³-hybridized carbons (Fsp3) is 0.0909. The number of carbonyl (C=O) groups is 1. The lowest BCUT2D eigenvalue weighted by atomic mass is 10.2. The Labute approximate surface area is 81.8 Å². The lowest BCUT2D eigenvalue weighted by Gasteiger charge is -1.93. The first-order valence-corrected chi connectivity index (χ1v) is 4.38. The van der Waals surface area contributed by atoms with Crippen molar-refractivity contribution in [2.24, 2.45) is 0 Å². The minimum Gasteiger partial charge on any atom is -0.341 e. The molecule has 70 valence electrons. The number of aldehydes is 1. The molecule has 1 aromatic carbocycles. The number of hydrogen-bond donors (Lipinski definition) is 1. The van der Waals surface area contributed by atoms with Crippen LogP contribution in [0.1, 0.15) is 16.2 Å². The molecule has 0 aliphatic heterocycles. The van der Waals surface area contributed by atoms with Gasteiger partial charge in [-0.1, -0.05) is 30.3 Å². The quantitative estimate of drug-likeness (QED) is 0.731. The lowest BCUT2D eigenvalue weighted by molar-refractivity contribution is 0.111. The molecule has 0 atom stereocenters. The Morgan fingerprint density at radius 3 is 2.57 bits per heavy atom. The fourth-order valence-corrected chi connectivity index (χ4v) is 1.32. The number of H-pyrrole nitrogens is 1. The highest BCUT2D eigenvalue weighted by Gasteiger charge is 2.06. The number of carbonyl (C=O) groups excluding carboxylic acids is 1. The first-order chi connectivity index (χ1) is 6.81. The molecule has 1 heterocycles. The molecule has 0 saturated carbocycles. The Morgan fingerprint density at radius 1 is 1.29 bits per heavy atom. The van der Waals surface area contributed by atoms with Gasteiger partial charge in [-0.05, 0) is 6.92 Å². The second-order valence-electron chi connectivity index (χ2n) is 3.08. The minimum absolute atomic E-state index is 0.476. The number of aryl methyl sites for hydroxylation is 1. The van der Waals surface area contributed by atoms with Crippen molar-refractivity contribution in [2.45, 2.75) is 6.92 Å². The zero-order valence-corrected chi connectivity index (χ0v) is 7.82. The molecule has 3 nitrogen and oxygen atoms in total. The number of aromatic nitrogens is 2. The van der Waals surface area contributed by atoms with Crippen LogP contribution >= 0.6 is 0 Å². The molecule has 2 rings (SSSR count). The SMILES string of the molecule is Cc1[nH]c(-c2ccccc2)nc1C=O. The van der Waals surface area contributed by atoms with Gasteiger partial charge in [-0.15, -0.1) is 0 Å². The Bertz CT molecular complexity index is 446. The van der Waals surface area contributed by atoms with Crippen LogP contribution in [0.15, 0.2) is 30.3 Å². The van der Waals surface area contributed by atoms with Crippen LogP contribution in [0.2, 0.25) is 0 Å². The van der Waals surface area contributed by atoms with Crippen LogP contribution in [0, 0.1) is 6.92 Å². The van der Waals surface area contributed by atoms with Gasteiger partial charge in [-0.25, -0.2) is 4.98 Å². The van der Waals surface area contributed by atoms with Crippen molar-refractivity contribution in [1.29, 1.82) is 0 Å². The monoisotopic (exact) mass is 186 g/mol. The molecule has 1 N–H and O–H groups in total. The summed E-state index contributed by atoms with van der Waals surface area (Å²) in [6.07, 6.45) is 0.762. The van der Waals surface area contributed by atoms with Gasteiger partial charge in [-0.3, -0.25) is 4.79 Å². The first-order valence-electron chi connectivity index (χ1n) is 4.38. The van der Waals surface area contributed by atoms with Crippen LogP contribution in [-0.4, -0.2) is 16.3 Å². The van der Waals surface area contributed by atoms with E-state index in [9.17, 15) is 4.79 Å². The molecule has 0 spiro atoms. The van der Waals surface area contributed by atoms with Crippen LogP contribution in [0.4, 0.5) is 0 Å². The number of nitrogens with one attached hydrogen (secondary N) is 1. The summed E-state index contributed by atoms with van der Waals surface area (Å²) in [5, 5.41) is 0. The lowest BCUT2D eigenvalue weighted by Crippen LogP contribution is -1.81. The molecule has 0 bridgehead atoms. The summed E-state index contributed by atoms with van der Waals surface area (Å²) in [6.45, 7) is 1.84. The second-order valence-corrected chi connectivity index (χ2v) is 3.08. The normalized spacial score (nSPS) is 10.1. The third-order valence-electron chi connectivity index (χ3n) is 2.08. The minimum atomic E-state index is 0.476. The molecule has 0 aliphatic rings. The highest BCUT2D eigenvalue weighted by Crippen LogP contribution is 2.16. The number of rotatable bonds is 2. The summed E-state index contributed by atoms with van der Waals surface area (Å²) in [4.78, 5) is 17.8. The van der Waals surface area contributed by atoms with Gasteiger partial charge in [0.05, 0.1) is 0 Å². The molecule has 3 heteroatoms. The van der Waals surface area contributed by atoms with Gasteiger partial charge in [0.25, 0.3) is 0 Å². The molecular weight excluding hydrogens is 176 g/mol. The van der Waals surface area contributed by atoms with E-state index in [-0.39, 0.29) is 0 Å². The van der Waals surface area contributed by atoms with E-state index in [2.05, 4.69) is 9.97 Å². The standard InChI is InChI=1S/C11H10N2O/c1-8-10(7-14)13-11(12-8)9-5-3-2-4-6-9/h2-7H,1H3,(H,12,13). The van der Waals surface area contributed by atoms with E-state index in [1.165, 1.54) is 0 Å². The largest absolute Gasteiger partial charge is 0.341 e. The number of aromatic amines is 1. The summed E-state index contributed by atoms with van der Waals surface area (Å²) < 4.78 is 0. The summed E-state index contributed by atoms with van der Waals surface area (Å²) >= 11 is 0. The van der Waals surface area contributed by atoms with Crippen LogP contribution < -0.4 is 0 Å². The molecule has 0 aliphatic carbocycles. The van der Waals surface area contributed by atoms with Gasteiger partial charge in [0.1, 0.15) is 11.5 Å². The Morgan fingerprint density at radius 2 is 2.00 bits per heavy atom. The smallest absolute Gasteiger partial charge is 0.170 e. The first kappa shape index (κ1) is 8.69. The predicted molar refractivity (Wildman–Crippen MR) is 54.1 cm³/mol. The molecule has 0 unspecified atom stereocenters. The van der Waals surface area contributed by atoms with Crippen molar-refractivity contribution < 1.29 is 4.79 Å². The average molecular weight is 186 g/mol. The molecule has 1 aromatic heterocycles. The van der Waals surface area contributed by atoms with E-state index < -0.39 is 0 Å². The highest BCUT2D eigenvalue weighted by molar-refractivity contribution is 5.75. The third kappa shape index (κ3) is 1.44. The van der Waals surface area contributed by atoms with Gasteiger partial charge in [-0.2, -0.15) is 0 Å². The zero-order chi connectivity index (χ0) is 9.97. The predicted octanol–water partition coefficient (Wildman–Crippen LogP) is 2.20. The van der Waals surface area contributed by atoms with Crippen molar-refractivity contribution in [1.82, 2.24) is 9.97 Å². The van der Waals surface area contributed by atoms with E-state index in [0.29, 0.717) is 5.69 Å². The Kier molecular flexibility index (Phi) is 2.14. The highest BCUT2D eigenvalue weighted by atomic mass is 16.1. The van der Waals surface area contributed by atoms with E-state index in [0.717, 1.165) is 23.4 Å². The Hall–Kier alpha value is -1.90. The molecule has 14 heavy (non-hydrogen) atoms. The van der Waals surface area contributed by atoms with Gasteiger partial charge in [0, 0.05) is 11.3 Å². The zero-order valence-electron chi connectivity index (χ0n) is 7.82. The van der Waals surface area contributed by atoms with Crippen LogP contribution in [0.25, 0.3) is 11.4 Å². The van der Waals surface area contributed by atoms with Crippen LogP contribution in [0.5, 0.6) is 0 Å². The summed E-state index contributed by atoms with van der Waals surface area (Å²) in [7, 11) is 0. The van der Waals surface area contributed by atoms with Gasteiger partial charge in [0.2, 0.25) is 0 Å². The van der Waals surface area contributed by atoms with Gasteiger partial charge >= 0.3 is 0 Å². The average Bonchev–Trinajstić information content (AvgIpc) is 2.61. The van der Waals surface area contributed by atoms with E-state index in [1.54, 1.807) is 0 Å². The van der Waals surface area contributed by atoms with Crippen molar-refractivity contribution in [3.05, 3.63) is 41.7 Å². The number of hydrogen-bond acceptors (Lipinski definition) is 2. The van der Waals surface area contributed by atoms with Gasteiger partial charge < -0.3 is 4.98 Å². The molecular formula is C11H10N2O. The topological polar surface area (TPSA) is 45.8 Å². The number of imidazole rings is 1. The van der Waals surface area contributed by atoms with E-state index in [1.807, 2.05) is 37.3 Å². The molecule has 0 saturated heterocycles. The van der Waals surface area contributed by atoms with Crippen molar-refractivity contribution in [3.8, 4) is 11.4 Å². The molecule has 0 radical (unpaired) electrons. The van der Waals surface area contributed by atoms with Crippen molar-refractivity contribution in [3.63, 3.8) is 0 Å². The van der Waals surface area contributed by atoms with Crippen LogP contribution in [0.3, 0.4) is 0 Å². The number of nitrogens with zero attached hydrogens (tertiary/aromatic N) is 1. The molecule has 2 aromatic rings. The maximum atomic E-state index is 10.6. The molecule has 0 amide bonds. The van der Waals surface area contributed by atoms with Crippen molar-refractivity contribution in [2.75, 3.05) is 0 Å². The maximum Gasteiger partial charge on any atom is 0.170 e. The molecule has 0 fully saturated rings. The summed E-state index contributed by atoms with van der Waals surface area (Å²) in [5.41, 5.74) is 2.27. The van der Waals surface area contributed by atoms with E-state index >= 15 is 0 Å². The van der Waals surface area contributed by atoms with Crippen molar-refractivity contribution >= 4 is 6.29 Å². The van der Waals surface area contributed by atoms with E-state index in [4.69, 9.17) is 0 Å². The second kappa shape index (κ2) is 3.46. The number of benzene rings is 1. The maximum absolute atomic E-state index is 10.6. The van der Waals surface area contributed by atoms with Crippen LogP contribution in [-0.2, 0) is 0 Å². The summed E-state index contributed by atoms with van der Waals surface area (Å²) in [6, 6.07) is 9.72. The summed E-state index contributed by atoms with van der Waals surface area (Å²) in [5.74, 6) is 0.741. The Balaban J connectivity index is 2.48.